The summed E-state index contributed by atoms with van der Waals surface area (Å²) < 4.78 is 2.13. The molecule has 3 heteroatoms. The first-order chi connectivity index (χ1) is 3.30. The van der Waals surface area contributed by atoms with E-state index in [-0.39, 0.29) is 0 Å². The summed E-state index contributed by atoms with van der Waals surface area (Å²) in [6.45, 7) is 0. The van der Waals surface area contributed by atoms with E-state index in [4.69, 9.17) is 0 Å². The summed E-state index contributed by atoms with van der Waals surface area (Å²) in [5, 5.41) is 10.5. The fourth-order valence-corrected chi connectivity index (χ4v) is 1.96. The number of hydrogen-bond acceptors (Lipinski definition) is 1. The van der Waals surface area contributed by atoms with Crippen molar-refractivity contribution in [1.82, 2.24) is 0 Å². The number of nitrogens with zero attached hydrogens (tertiary/aromatic N) is 1. The van der Waals surface area contributed by atoms with Gasteiger partial charge in [-0.15, -0.1) is 0 Å². The highest BCUT2D eigenvalue weighted by molar-refractivity contribution is 14.1. The third kappa shape index (κ3) is 0.330. The molecule has 2 atom stereocenters. The highest BCUT2D eigenvalue weighted by Gasteiger charge is 2.60. The summed E-state index contributed by atoms with van der Waals surface area (Å²) in [4.78, 5) is 0. The monoisotopic (exact) mass is 209 g/mol. The highest BCUT2D eigenvalue weighted by Crippen LogP contribution is 2.44. The molecule has 0 aromatic carbocycles. The molecule has 7 heavy (non-hydrogen) atoms. The zero-order valence-electron chi connectivity index (χ0n) is 3.60. The molecule has 1 fully saturated rings. The van der Waals surface area contributed by atoms with Crippen LogP contribution in [0.5, 0.6) is 0 Å². The van der Waals surface area contributed by atoms with Gasteiger partial charge in [-0.1, -0.05) is 0 Å². The molecule has 0 spiro atoms. The SMILES string of the molecule is [O-][N+]1=C(I)C2CC21. The van der Waals surface area contributed by atoms with Crippen molar-refractivity contribution in [1.29, 1.82) is 0 Å². The fraction of sp³-hybridized carbons (Fsp3) is 0.750. The third-order valence-corrected chi connectivity index (χ3v) is 2.85. The Morgan fingerprint density at radius 2 is 2.57 bits per heavy atom. The molecule has 1 saturated carbocycles. The highest BCUT2D eigenvalue weighted by atomic mass is 127. The lowest BCUT2D eigenvalue weighted by Gasteiger charge is -2.11. The summed E-state index contributed by atoms with van der Waals surface area (Å²) in [5.41, 5.74) is 0. The summed E-state index contributed by atoms with van der Waals surface area (Å²) >= 11 is 2.12. The molecule has 0 bridgehead atoms. The van der Waals surface area contributed by atoms with Gasteiger partial charge in [0, 0.05) is 29.0 Å². The lowest BCUT2D eigenvalue weighted by molar-refractivity contribution is -0.494. The molecule has 0 aromatic heterocycles. The molecule has 1 aliphatic carbocycles. The number of rotatable bonds is 0. The summed E-state index contributed by atoms with van der Waals surface area (Å²) in [7, 11) is 0. The van der Waals surface area contributed by atoms with Crippen molar-refractivity contribution in [2.24, 2.45) is 5.92 Å². The minimum Gasteiger partial charge on any atom is -0.623 e. The second-order valence-corrected chi connectivity index (χ2v) is 3.16. The zero-order valence-corrected chi connectivity index (χ0v) is 5.75. The molecular formula is C4H4INO. The maximum absolute atomic E-state index is 10.5. The normalized spacial score (nSPS) is 45.3. The molecule has 2 rings (SSSR count). The van der Waals surface area contributed by atoms with Gasteiger partial charge in [-0.05, 0) is 0 Å². The number of hydroxylamine groups is 1. The van der Waals surface area contributed by atoms with Crippen LogP contribution in [0.1, 0.15) is 6.42 Å². The molecule has 2 aliphatic rings. The van der Waals surface area contributed by atoms with Gasteiger partial charge in [-0.3, -0.25) is 0 Å². The quantitative estimate of drug-likeness (QED) is 0.328. The average Bonchev–Trinajstić information content (AvgIpc) is 2.39. The Morgan fingerprint density at radius 1 is 1.86 bits per heavy atom. The van der Waals surface area contributed by atoms with Crippen molar-refractivity contribution >= 4 is 26.3 Å². The second-order valence-electron chi connectivity index (χ2n) is 2.06. The first-order valence-electron chi connectivity index (χ1n) is 2.29. The van der Waals surface area contributed by atoms with Gasteiger partial charge < -0.3 is 5.21 Å². The molecule has 0 N–H and O–H groups in total. The van der Waals surface area contributed by atoms with Crippen LogP contribution in [0.4, 0.5) is 0 Å². The molecule has 1 aliphatic heterocycles. The Kier molecular flexibility index (Phi) is 0.566. The lowest BCUT2D eigenvalue weighted by Crippen LogP contribution is -2.26. The Hall–Kier alpha value is 0.200. The Labute approximate surface area is 54.9 Å². The van der Waals surface area contributed by atoms with Crippen LogP contribution in [0.2, 0.25) is 0 Å². The Balaban J connectivity index is 2.37. The van der Waals surface area contributed by atoms with Crippen molar-refractivity contribution in [3.8, 4) is 0 Å². The molecule has 1 heterocycles. The van der Waals surface area contributed by atoms with Crippen LogP contribution in [0.25, 0.3) is 0 Å². The summed E-state index contributed by atoms with van der Waals surface area (Å²) in [5.74, 6) is 0.693. The predicted octanol–water partition coefficient (Wildman–Crippen LogP) is 0.732. The van der Waals surface area contributed by atoms with Gasteiger partial charge in [0.05, 0.1) is 0 Å². The average molecular weight is 209 g/mol. The van der Waals surface area contributed by atoms with Crippen LogP contribution in [-0.4, -0.2) is 14.5 Å². The van der Waals surface area contributed by atoms with E-state index in [2.05, 4.69) is 22.6 Å². The van der Waals surface area contributed by atoms with Gasteiger partial charge in [-0.25, -0.2) is 0 Å². The van der Waals surface area contributed by atoms with E-state index in [9.17, 15) is 5.21 Å². The standard InChI is InChI=1S/C4H4INO/c5-4-2-1-3(2)6(4)7/h2-3H,1H2. The van der Waals surface area contributed by atoms with E-state index in [1.807, 2.05) is 0 Å². The van der Waals surface area contributed by atoms with E-state index in [0.717, 1.165) is 14.9 Å². The van der Waals surface area contributed by atoms with Crippen LogP contribution in [-0.2, 0) is 0 Å². The second kappa shape index (κ2) is 0.962. The van der Waals surface area contributed by atoms with Crippen LogP contribution in [0.15, 0.2) is 0 Å². The van der Waals surface area contributed by atoms with Gasteiger partial charge in [0.1, 0.15) is 5.92 Å². The number of halogens is 1. The van der Waals surface area contributed by atoms with Gasteiger partial charge >= 0.3 is 0 Å². The van der Waals surface area contributed by atoms with Crippen LogP contribution in [0, 0.1) is 11.1 Å². The minimum atomic E-state index is 0.409. The maximum Gasteiger partial charge on any atom is 0.233 e. The maximum atomic E-state index is 10.5. The minimum absolute atomic E-state index is 0.409. The lowest BCUT2D eigenvalue weighted by atomic mass is 10.4. The smallest absolute Gasteiger partial charge is 0.233 e. The van der Waals surface area contributed by atoms with Crippen LogP contribution in [0.3, 0.4) is 0 Å². The molecule has 0 amide bonds. The number of hydrogen-bond donors (Lipinski definition) is 0. The van der Waals surface area contributed by atoms with Gasteiger partial charge in [0.15, 0.2) is 6.04 Å². The molecule has 38 valence electrons. The van der Waals surface area contributed by atoms with Crippen molar-refractivity contribution in [2.75, 3.05) is 0 Å². The Morgan fingerprint density at radius 3 is 2.71 bits per heavy atom. The van der Waals surface area contributed by atoms with E-state index in [1.165, 1.54) is 0 Å². The first kappa shape index (κ1) is 4.12. The molecular weight excluding hydrogens is 205 g/mol. The molecule has 0 saturated heterocycles. The third-order valence-electron chi connectivity index (χ3n) is 1.57. The van der Waals surface area contributed by atoms with E-state index in [1.54, 1.807) is 0 Å². The first-order valence-corrected chi connectivity index (χ1v) is 3.37. The Bertz CT molecular complexity index is 138. The molecule has 0 radical (unpaired) electrons. The van der Waals surface area contributed by atoms with Gasteiger partial charge in [0.2, 0.25) is 3.72 Å². The van der Waals surface area contributed by atoms with E-state index in [0.29, 0.717) is 12.0 Å². The van der Waals surface area contributed by atoms with Crippen molar-refractivity contribution in [2.45, 2.75) is 12.5 Å². The van der Waals surface area contributed by atoms with Gasteiger partial charge in [0.25, 0.3) is 0 Å². The number of fused-ring (bicyclic) bond motifs is 1. The fourth-order valence-electron chi connectivity index (χ4n) is 0.936. The largest absolute Gasteiger partial charge is 0.623 e. The molecule has 0 aromatic rings. The van der Waals surface area contributed by atoms with Gasteiger partial charge in [-0.2, -0.15) is 4.74 Å². The van der Waals surface area contributed by atoms with Crippen LogP contribution >= 0.6 is 22.6 Å². The van der Waals surface area contributed by atoms with Crippen molar-refractivity contribution in [3.63, 3.8) is 0 Å². The topological polar surface area (TPSA) is 26.1 Å². The zero-order chi connectivity index (χ0) is 5.02. The van der Waals surface area contributed by atoms with Crippen molar-refractivity contribution < 1.29 is 4.74 Å². The van der Waals surface area contributed by atoms with E-state index >= 15 is 0 Å². The molecule has 2 unspecified atom stereocenters. The molecule has 2 nitrogen and oxygen atoms in total. The van der Waals surface area contributed by atoms with Crippen LogP contribution < -0.4 is 0 Å². The van der Waals surface area contributed by atoms with Crippen molar-refractivity contribution in [3.05, 3.63) is 5.21 Å². The van der Waals surface area contributed by atoms with E-state index < -0.39 is 0 Å². The predicted molar refractivity (Wildman–Crippen MR) is 34.5 cm³/mol. The summed E-state index contributed by atoms with van der Waals surface area (Å²) in [6, 6.07) is 0.409. The summed E-state index contributed by atoms with van der Waals surface area (Å²) in [6.07, 6.45) is 1.13.